The number of aromatic carboxylic acids is 1. The van der Waals surface area contributed by atoms with E-state index < -0.39 is 5.97 Å². The number of aromatic nitrogens is 2. The highest BCUT2D eigenvalue weighted by Gasteiger charge is 2.21. The molecule has 0 aliphatic rings. The Morgan fingerprint density at radius 2 is 2.33 bits per heavy atom. The van der Waals surface area contributed by atoms with Gasteiger partial charge in [0.05, 0.1) is 17.2 Å². The maximum absolute atomic E-state index is 11.3. The van der Waals surface area contributed by atoms with Gasteiger partial charge in [-0.2, -0.15) is 0 Å². The molecule has 96 valence electrons. The van der Waals surface area contributed by atoms with Crippen LogP contribution in [-0.4, -0.2) is 34.8 Å². The molecule has 6 heteroatoms. The topological polar surface area (TPSA) is 72.3 Å². The van der Waals surface area contributed by atoms with Crippen LogP contribution in [0.15, 0.2) is 6.20 Å². The van der Waals surface area contributed by atoms with Crippen LogP contribution in [0.5, 0.6) is 0 Å². The molecule has 0 amide bonds. The van der Waals surface area contributed by atoms with Crippen molar-refractivity contribution >= 4 is 27.7 Å². The zero-order valence-electron chi connectivity index (χ0n) is 10.4. The number of ether oxygens (including phenoxy) is 1. The van der Waals surface area contributed by atoms with Crippen molar-refractivity contribution in [2.45, 2.75) is 19.8 Å². The molecule has 0 saturated heterocycles. The molecule has 0 saturated carbocycles. The summed E-state index contributed by atoms with van der Waals surface area (Å²) in [5.41, 5.74) is 1.60. The Balaban J connectivity index is 2.69. The van der Waals surface area contributed by atoms with Gasteiger partial charge in [-0.25, -0.2) is 14.8 Å². The van der Waals surface area contributed by atoms with Gasteiger partial charge in [0.25, 0.3) is 0 Å². The van der Waals surface area contributed by atoms with E-state index in [-0.39, 0.29) is 11.5 Å². The Hall–Kier alpha value is -1.53. The first-order valence-corrected chi connectivity index (χ1v) is 6.34. The highest BCUT2D eigenvalue weighted by molar-refractivity contribution is 7.18. The van der Waals surface area contributed by atoms with E-state index >= 15 is 0 Å². The van der Waals surface area contributed by atoms with Crippen molar-refractivity contribution in [3.8, 4) is 0 Å². The fraction of sp³-hybridized carbons (Fsp3) is 0.417. The van der Waals surface area contributed by atoms with Gasteiger partial charge >= 0.3 is 5.97 Å². The summed E-state index contributed by atoms with van der Waals surface area (Å²) >= 11 is 1.47. The molecule has 18 heavy (non-hydrogen) atoms. The minimum Gasteiger partial charge on any atom is -0.478 e. The first kappa shape index (κ1) is 12.9. The lowest BCUT2D eigenvalue weighted by atomic mass is 9.97. The molecule has 0 radical (unpaired) electrons. The normalized spacial score (nSPS) is 12.8. The predicted molar refractivity (Wildman–Crippen MR) is 69.4 cm³/mol. The van der Waals surface area contributed by atoms with Gasteiger partial charge < -0.3 is 9.84 Å². The lowest BCUT2D eigenvalue weighted by Crippen LogP contribution is -2.10. The number of methoxy groups -OCH3 is 1. The molecule has 1 N–H and O–H groups in total. The van der Waals surface area contributed by atoms with Crippen molar-refractivity contribution in [1.82, 2.24) is 9.97 Å². The van der Waals surface area contributed by atoms with Crippen molar-refractivity contribution in [3.63, 3.8) is 0 Å². The van der Waals surface area contributed by atoms with E-state index in [9.17, 15) is 9.90 Å². The van der Waals surface area contributed by atoms with Gasteiger partial charge in [-0.3, -0.25) is 0 Å². The number of carbonyl (C=O) groups is 1. The van der Waals surface area contributed by atoms with Crippen LogP contribution in [-0.2, 0) is 4.74 Å². The van der Waals surface area contributed by atoms with Gasteiger partial charge in [0, 0.05) is 24.8 Å². The average molecular weight is 266 g/mol. The van der Waals surface area contributed by atoms with E-state index in [1.165, 1.54) is 17.5 Å². The Morgan fingerprint density at radius 3 is 2.94 bits per heavy atom. The molecule has 0 aliphatic carbocycles. The van der Waals surface area contributed by atoms with E-state index in [1.54, 1.807) is 7.11 Å². The minimum atomic E-state index is -0.979. The summed E-state index contributed by atoms with van der Waals surface area (Å²) in [4.78, 5) is 20.6. The summed E-state index contributed by atoms with van der Waals surface area (Å²) in [6, 6.07) is 0. The fourth-order valence-corrected chi connectivity index (χ4v) is 2.78. The Bertz CT molecular complexity index is 594. The molecule has 2 rings (SSSR count). The van der Waals surface area contributed by atoms with Crippen LogP contribution in [0.2, 0.25) is 0 Å². The Labute approximate surface area is 108 Å². The molecule has 5 nitrogen and oxygen atoms in total. The van der Waals surface area contributed by atoms with Gasteiger partial charge in [0.15, 0.2) is 0 Å². The van der Waals surface area contributed by atoms with Crippen molar-refractivity contribution in [3.05, 3.63) is 22.3 Å². The van der Waals surface area contributed by atoms with Crippen LogP contribution in [0.1, 0.15) is 33.8 Å². The quantitative estimate of drug-likeness (QED) is 0.920. The fourth-order valence-electron chi connectivity index (χ4n) is 2.00. The molecule has 1 unspecified atom stereocenters. The standard InChI is InChI=1S/C12H14N2O3S/c1-6(5-17-3)9-8(12(15)16)4-13-11-10(9)14-7(2)18-11/h4,6H,5H2,1-3H3,(H,15,16). The molecular formula is C12H14N2O3S. The summed E-state index contributed by atoms with van der Waals surface area (Å²) in [5, 5.41) is 10.1. The highest BCUT2D eigenvalue weighted by atomic mass is 32.1. The molecule has 1 atom stereocenters. The number of fused-ring (bicyclic) bond motifs is 1. The molecule has 2 aromatic rings. The number of carboxylic acid groups (broad SMARTS) is 1. The van der Waals surface area contributed by atoms with Crippen molar-refractivity contribution in [2.75, 3.05) is 13.7 Å². The molecule has 0 bridgehead atoms. The van der Waals surface area contributed by atoms with Gasteiger partial charge in [0.2, 0.25) is 0 Å². The highest BCUT2D eigenvalue weighted by Crippen LogP contribution is 2.30. The number of hydrogen-bond acceptors (Lipinski definition) is 5. The number of aryl methyl sites for hydroxylation is 1. The monoisotopic (exact) mass is 266 g/mol. The smallest absolute Gasteiger partial charge is 0.337 e. The van der Waals surface area contributed by atoms with Crippen LogP contribution >= 0.6 is 11.3 Å². The van der Waals surface area contributed by atoms with E-state index in [0.717, 1.165) is 9.84 Å². The van der Waals surface area contributed by atoms with Crippen LogP contribution in [0.3, 0.4) is 0 Å². The second kappa shape index (κ2) is 4.99. The zero-order chi connectivity index (χ0) is 13.3. The summed E-state index contributed by atoms with van der Waals surface area (Å²) in [6.07, 6.45) is 1.41. The van der Waals surface area contributed by atoms with E-state index in [2.05, 4.69) is 9.97 Å². The Morgan fingerprint density at radius 1 is 1.61 bits per heavy atom. The van der Waals surface area contributed by atoms with Crippen molar-refractivity contribution < 1.29 is 14.6 Å². The molecule has 2 aromatic heterocycles. The summed E-state index contributed by atoms with van der Waals surface area (Å²) in [7, 11) is 1.60. The number of hydrogen-bond donors (Lipinski definition) is 1. The van der Waals surface area contributed by atoms with Gasteiger partial charge in [-0.05, 0) is 6.92 Å². The number of pyridine rings is 1. The minimum absolute atomic E-state index is 0.0342. The lowest BCUT2D eigenvalue weighted by molar-refractivity contribution is 0.0694. The second-order valence-electron chi connectivity index (χ2n) is 4.13. The summed E-state index contributed by atoms with van der Waals surface area (Å²) in [6.45, 7) is 4.27. The van der Waals surface area contributed by atoms with Crippen LogP contribution < -0.4 is 0 Å². The first-order valence-electron chi connectivity index (χ1n) is 5.52. The van der Waals surface area contributed by atoms with Gasteiger partial charge in [-0.1, -0.05) is 18.3 Å². The largest absolute Gasteiger partial charge is 0.478 e. The predicted octanol–water partition coefficient (Wildman–Crippen LogP) is 2.45. The number of thiazole rings is 1. The van der Waals surface area contributed by atoms with E-state index in [4.69, 9.17) is 4.74 Å². The molecule has 0 aliphatic heterocycles. The molecule has 0 spiro atoms. The maximum atomic E-state index is 11.3. The van der Waals surface area contributed by atoms with Crippen LogP contribution in [0.4, 0.5) is 0 Å². The number of rotatable bonds is 4. The van der Waals surface area contributed by atoms with Crippen LogP contribution in [0, 0.1) is 6.92 Å². The third-order valence-corrected chi connectivity index (χ3v) is 3.59. The Kier molecular flexibility index (Phi) is 3.58. The van der Waals surface area contributed by atoms with Crippen LogP contribution in [0.25, 0.3) is 10.3 Å². The summed E-state index contributed by atoms with van der Waals surface area (Å²) in [5.74, 6) is -1.01. The van der Waals surface area contributed by atoms with Gasteiger partial charge in [0.1, 0.15) is 10.3 Å². The molecule has 2 heterocycles. The molecular weight excluding hydrogens is 252 g/mol. The number of nitrogens with zero attached hydrogens (tertiary/aromatic N) is 2. The van der Waals surface area contributed by atoms with E-state index in [0.29, 0.717) is 17.7 Å². The van der Waals surface area contributed by atoms with E-state index in [1.807, 2.05) is 13.8 Å². The number of carboxylic acids is 1. The average Bonchev–Trinajstić information content (AvgIpc) is 2.67. The van der Waals surface area contributed by atoms with Crippen molar-refractivity contribution in [2.24, 2.45) is 0 Å². The summed E-state index contributed by atoms with van der Waals surface area (Å²) < 4.78 is 5.11. The SMILES string of the molecule is COCC(C)c1c(C(=O)O)cnc2sc(C)nc12. The molecule has 0 fully saturated rings. The zero-order valence-corrected chi connectivity index (χ0v) is 11.2. The second-order valence-corrected chi connectivity index (χ2v) is 5.32. The third kappa shape index (κ3) is 2.21. The molecule has 0 aromatic carbocycles. The lowest BCUT2D eigenvalue weighted by Gasteiger charge is -2.13. The van der Waals surface area contributed by atoms with Gasteiger partial charge in [-0.15, -0.1) is 0 Å². The maximum Gasteiger partial charge on any atom is 0.337 e. The third-order valence-electron chi connectivity index (χ3n) is 2.71. The van der Waals surface area contributed by atoms with Crippen molar-refractivity contribution in [1.29, 1.82) is 0 Å². The first-order chi connectivity index (χ1) is 8.54.